The number of amides is 3. The summed E-state index contributed by atoms with van der Waals surface area (Å²) >= 11 is 0. The largest absolute Gasteiger partial charge is 0.494 e. The van der Waals surface area contributed by atoms with Crippen LogP contribution in [-0.2, 0) is 16.0 Å². The van der Waals surface area contributed by atoms with Crippen molar-refractivity contribution in [2.45, 2.75) is 38.3 Å². The van der Waals surface area contributed by atoms with Gasteiger partial charge in [0.1, 0.15) is 17.3 Å². The molecule has 2 N–H and O–H groups in total. The van der Waals surface area contributed by atoms with Crippen molar-refractivity contribution < 1.29 is 19.1 Å². The molecule has 0 radical (unpaired) electrons. The second-order valence-corrected chi connectivity index (χ2v) is 9.63. The number of aromatic amines is 1. The van der Waals surface area contributed by atoms with E-state index in [2.05, 4.69) is 10.3 Å². The van der Waals surface area contributed by atoms with Crippen LogP contribution in [0.25, 0.3) is 10.9 Å². The van der Waals surface area contributed by atoms with Gasteiger partial charge in [0.2, 0.25) is 0 Å². The Kier molecular flexibility index (Phi) is 6.73. The van der Waals surface area contributed by atoms with Gasteiger partial charge < -0.3 is 19.8 Å². The SMILES string of the molecule is CCOc1ccc2[nH]c3c(c2c1)C[C@@]1(C)C(=O)N(CCCNCCOC)C(=O)N1[C@@H]3c1ccccc1. The van der Waals surface area contributed by atoms with Crippen molar-refractivity contribution in [3.8, 4) is 5.75 Å². The van der Waals surface area contributed by atoms with E-state index in [4.69, 9.17) is 9.47 Å². The van der Waals surface area contributed by atoms with Crippen molar-refractivity contribution >= 4 is 22.8 Å². The molecule has 8 heteroatoms. The average molecular weight is 491 g/mol. The maximum absolute atomic E-state index is 13.8. The number of nitrogens with zero attached hydrogens (tertiary/aromatic N) is 2. The van der Waals surface area contributed by atoms with Crippen molar-refractivity contribution in [2.75, 3.05) is 40.0 Å². The third-order valence-electron chi connectivity index (χ3n) is 7.28. The lowest BCUT2D eigenvalue weighted by Gasteiger charge is -2.42. The van der Waals surface area contributed by atoms with Crippen molar-refractivity contribution in [1.82, 2.24) is 20.1 Å². The molecule has 2 aliphatic rings. The number of carbonyl (C=O) groups excluding carboxylic acids is 2. The summed E-state index contributed by atoms with van der Waals surface area (Å²) in [7, 11) is 1.67. The van der Waals surface area contributed by atoms with Crippen molar-refractivity contribution in [3.63, 3.8) is 0 Å². The van der Waals surface area contributed by atoms with Gasteiger partial charge in [0, 0.05) is 43.2 Å². The van der Waals surface area contributed by atoms with Crippen LogP contribution in [-0.4, -0.2) is 72.2 Å². The molecule has 3 amide bonds. The van der Waals surface area contributed by atoms with E-state index in [0.717, 1.165) is 40.0 Å². The van der Waals surface area contributed by atoms with Gasteiger partial charge >= 0.3 is 6.03 Å². The standard InChI is InChI=1S/C28H34N4O4/c1-4-36-20-11-12-23-21(17-20)22-18-28(2)26(33)31(15-8-13-29-14-16-35-3)27(34)32(28)25(24(22)30-23)19-9-6-5-7-10-19/h5-7,9-12,17,25,29-30H,4,8,13-16,18H2,1-3H3/t25-,28+/m1/s1. The quantitative estimate of drug-likeness (QED) is 0.333. The summed E-state index contributed by atoms with van der Waals surface area (Å²) in [6, 6.07) is 15.4. The minimum atomic E-state index is -0.967. The number of hydrogen-bond donors (Lipinski definition) is 2. The van der Waals surface area contributed by atoms with Crippen LogP contribution in [0.2, 0.25) is 0 Å². The Morgan fingerprint density at radius 2 is 1.94 bits per heavy atom. The van der Waals surface area contributed by atoms with Crippen LogP contribution >= 0.6 is 0 Å². The Labute approximate surface area is 211 Å². The number of hydrogen-bond acceptors (Lipinski definition) is 5. The van der Waals surface area contributed by atoms with Gasteiger partial charge in [0.15, 0.2) is 0 Å². The fraction of sp³-hybridized carbons (Fsp3) is 0.429. The second-order valence-electron chi connectivity index (χ2n) is 9.63. The van der Waals surface area contributed by atoms with Gasteiger partial charge in [-0.2, -0.15) is 0 Å². The Hall–Kier alpha value is -3.36. The highest BCUT2D eigenvalue weighted by atomic mass is 16.5. The van der Waals surface area contributed by atoms with Crippen LogP contribution in [0.4, 0.5) is 4.79 Å². The summed E-state index contributed by atoms with van der Waals surface area (Å²) in [5.74, 6) is 0.665. The van der Waals surface area contributed by atoms with Gasteiger partial charge in [-0.1, -0.05) is 30.3 Å². The van der Waals surface area contributed by atoms with Crippen LogP contribution in [0.15, 0.2) is 48.5 Å². The predicted octanol–water partition coefficient (Wildman–Crippen LogP) is 3.86. The molecule has 2 aliphatic heterocycles. The van der Waals surface area contributed by atoms with E-state index in [1.54, 1.807) is 12.0 Å². The molecule has 8 nitrogen and oxygen atoms in total. The van der Waals surface area contributed by atoms with Crippen LogP contribution in [0.1, 0.15) is 43.1 Å². The topological polar surface area (TPSA) is 86.9 Å². The number of benzene rings is 2. The molecule has 2 aromatic carbocycles. The molecule has 3 aromatic rings. The minimum absolute atomic E-state index is 0.133. The highest BCUT2D eigenvalue weighted by Crippen LogP contribution is 2.48. The molecule has 0 spiro atoms. The molecule has 0 saturated carbocycles. The fourth-order valence-electron chi connectivity index (χ4n) is 5.59. The fourth-order valence-corrected chi connectivity index (χ4v) is 5.59. The first-order valence-corrected chi connectivity index (χ1v) is 12.7. The predicted molar refractivity (Wildman–Crippen MR) is 138 cm³/mol. The average Bonchev–Trinajstić information content (AvgIpc) is 3.32. The summed E-state index contributed by atoms with van der Waals surface area (Å²) in [6.07, 6.45) is 1.14. The molecule has 0 bridgehead atoms. The molecule has 3 heterocycles. The maximum Gasteiger partial charge on any atom is 0.328 e. The van der Waals surface area contributed by atoms with Gasteiger partial charge in [0.05, 0.1) is 13.2 Å². The van der Waals surface area contributed by atoms with Crippen molar-refractivity contribution in [1.29, 1.82) is 0 Å². The smallest absolute Gasteiger partial charge is 0.328 e. The molecule has 1 aromatic heterocycles. The number of aromatic nitrogens is 1. The summed E-state index contributed by atoms with van der Waals surface area (Å²) in [5, 5.41) is 4.33. The number of rotatable bonds is 10. The highest BCUT2D eigenvalue weighted by molar-refractivity contribution is 6.08. The monoisotopic (exact) mass is 490 g/mol. The van der Waals surface area contributed by atoms with E-state index in [1.807, 2.05) is 62.4 Å². The number of urea groups is 1. The summed E-state index contributed by atoms with van der Waals surface area (Å²) in [5.41, 5.74) is 3.03. The summed E-state index contributed by atoms with van der Waals surface area (Å²) in [6.45, 7) is 6.92. The zero-order chi connectivity index (χ0) is 25.3. The molecule has 1 fully saturated rings. The van der Waals surface area contributed by atoms with E-state index in [9.17, 15) is 9.59 Å². The minimum Gasteiger partial charge on any atom is -0.494 e. The number of ether oxygens (including phenoxy) is 2. The van der Waals surface area contributed by atoms with Gasteiger partial charge in [-0.15, -0.1) is 0 Å². The Bertz CT molecular complexity index is 1260. The molecule has 1 saturated heterocycles. The zero-order valence-electron chi connectivity index (χ0n) is 21.2. The van der Waals surface area contributed by atoms with Crippen LogP contribution in [0, 0.1) is 0 Å². The molecule has 2 atom stereocenters. The van der Waals surface area contributed by atoms with Crippen molar-refractivity contribution in [2.24, 2.45) is 0 Å². The number of carbonyl (C=O) groups is 2. The highest BCUT2D eigenvalue weighted by Gasteiger charge is 2.59. The molecular formula is C28H34N4O4. The first kappa shape index (κ1) is 24.3. The lowest BCUT2D eigenvalue weighted by molar-refractivity contribution is -0.133. The summed E-state index contributed by atoms with van der Waals surface area (Å²) in [4.78, 5) is 34.5. The van der Waals surface area contributed by atoms with Crippen LogP contribution < -0.4 is 10.1 Å². The number of methoxy groups -OCH3 is 1. The summed E-state index contributed by atoms with van der Waals surface area (Å²) < 4.78 is 10.8. The Morgan fingerprint density at radius 1 is 1.14 bits per heavy atom. The molecule has 0 aliphatic carbocycles. The van der Waals surface area contributed by atoms with Gasteiger partial charge in [-0.05, 0) is 56.1 Å². The molecular weight excluding hydrogens is 456 g/mol. The van der Waals surface area contributed by atoms with E-state index in [1.165, 1.54) is 4.90 Å². The third kappa shape index (κ3) is 4.04. The normalized spacial score (nSPS) is 21.2. The number of fused-ring (bicyclic) bond motifs is 4. The van der Waals surface area contributed by atoms with Gasteiger partial charge in [0.25, 0.3) is 5.91 Å². The molecule has 5 rings (SSSR count). The lowest BCUT2D eigenvalue weighted by atomic mass is 9.81. The van der Waals surface area contributed by atoms with Crippen molar-refractivity contribution in [3.05, 3.63) is 65.4 Å². The van der Waals surface area contributed by atoms with E-state index in [0.29, 0.717) is 39.1 Å². The zero-order valence-corrected chi connectivity index (χ0v) is 21.2. The van der Waals surface area contributed by atoms with E-state index >= 15 is 0 Å². The molecule has 0 unspecified atom stereocenters. The van der Waals surface area contributed by atoms with E-state index < -0.39 is 5.54 Å². The number of nitrogens with one attached hydrogen (secondary N) is 2. The van der Waals surface area contributed by atoms with Gasteiger partial charge in [-0.3, -0.25) is 14.6 Å². The van der Waals surface area contributed by atoms with Crippen LogP contribution in [0.5, 0.6) is 5.75 Å². The molecule has 36 heavy (non-hydrogen) atoms. The van der Waals surface area contributed by atoms with Crippen LogP contribution in [0.3, 0.4) is 0 Å². The first-order chi connectivity index (χ1) is 17.5. The maximum atomic E-state index is 13.8. The number of H-pyrrole nitrogens is 1. The molecule has 190 valence electrons. The Balaban J connectivity index is 1.53. The Morgan fingerprint density at radius 3 is 2.69 bits per heavy atom. The van der Waals surface area contributed by atoms with E-state index in [-0.39, 0.29) is 18.0 Å². The lowest BCUT2D eigenvalue weighted by Crippen LogP contribution is -2.53. The second kappa shape index (κ2) is 9.95. The third-order valence-corrected chi connectivity index (χ3v) is 7.28. The van der Waals surface area contributed by atoms with Gasteiger partial charge in [-0.25, -0.2) is 4.79 Å². The first-order valence-electron chi connectivity index (χ1n) is 12.7. The number of imide groups is 1.